The average molecular weight is 376 g/mol. The Hall–Kier alpha value is -0.823. The van der Waals surface area contributed by atoms with Crippen LogP contribution in [-0.2, 0) is 14.0 Å². The third-order valence-electron chi connectivity index (χ3n) is 5.73. The summed E-state index contributed by atoms with van der Waals surface area (Å²) in [6.45, 7) is 14.3. The molecule has 3 rings (SSSR count). The van der Waals surface area contributed by atoms with Crippen molar-refractivity contribution >= 4 is 20.0 Å². The summed E-state index contributed by atoms with van der Waals surface area (Å²) >= 11 is 0. The van der Waals surface area contributed by atoms with E-state index in [4.69, 9.17) is 9.16 Å². The van der Waals surface area contributed by atoms with Gasteiger partial charge in [0.25, 0.3) is 6.43 Å². The Balaban J connectivity index is 2.41. The first-order valence-electron chi connectivity index (χ1n) is 9.05. The molecule has 4 atom stereocenters. The maximum atomic E-state index is 13.4. The van der Waals surface area contributed by atoms with Crippen molar-refractivity contribution in [1.82, 2.24) is 0 Å². The highest BCUT2D eigenvalue weighted by molar-refractivity contribution is 6.70. The minimum absolute atomic E-state index is 0.0634. The van der Waals surface area contributed by atoms with Gasteiger partial charge in [0.05, 0.1) is 12.2 Å². The Labute approximate surface area is 150 Å². The highest BCUT2D eigenvalue weighted by atomic mass is 28.4. The zero-order valence-corrected chi connectivity index (χ0v) is 17.4. The van der Waals surface area contributed by atoms with E-state index in [1.54, 1.807) is 6.92 Å². The van der Waals surface area contributed by atoms with Gasteiger partial charge in [0.2, 0.25) is 6.04 Å². The molecule has 0 N–H and O–H groups in total. The number of carbonyl (C=O) groups excluding carboxylic acids is 1. The molecule has 0 aliphatic heterocycles. The van der Waals surface area contributed by atoms with Crippen LogP contribution in [0.5, 0.6) is 0 Å². The van der Waals surface area contributed by atoms with E-state index < -0.39 is 32.4 Å². The van der Waals surface area contributed by atoms with Gasteiger partial charge in [-0.1, -0.05) is 13.8 Å². The van der Waals surface area contributed by atoms with Crippen LogP contribution in [0, 0.1) is 17.3 Å². The quantitative estimate of drug-likeness (QED) is 0.514. The lowest BCUT2D eigenvalue weighted by atomic mass is 9.44. The van der Waals surface area contributed by atoms with Crippen LogP contribution in [0.3, 0.4) is 0 Å². The molecule has 25 heavy (non-hydrogen) atoms. The molecule has 0 aromatic heterocycles. The highest BCUT2D eigenvalue weighted by Gasteiger charge is 2.63. The van der Waals surface area contributed by atoms with E-state index in [1.165, 1.54) is 0 Å². The number of aliphatic imine (C=N–C) groups is 1. The lowest BCUT2D eigenvalue weighted by Crippen LogP contribution is -2.67. The molecule has 144 valence electrons. The molecule has 0 aromatic rings. The fraction of sp³-hybridized carbons (Fsp3) is 0.889. The number of esters is 1. The second kappa shape index (κ2) is 6.72. The fourth-order valence-electron chi connectivity index (χ4n) is 4.49. The summed E-state index contributed by atoms with van der Waals surface area (Å²) in [7, 11) is -1.94. The molecular formula is C18H31F2NO3Si. The van der Waals surface area contributed by atoms with Crippen molar-refractivity contribution in [2.75, 3.05) is 6.61 Å². The molecule has 3 fully saturated rings. The van der Waals surface area contributed by atoms with Gasteiger partial charge < -0.3 is 9.16 Å². The molecule has 0 amide bonds. The van der Waals surface area contributed by atoms with Gasteiger partial charge in [-0.3, -0.25) is 4.99 Å². The van der Waals surface area contributed by atoms with Crippen LogP contribution in [0.4, 0.5) is 8.78 Å². The number of carbonyl (C=O) groups is 1. The van der Waals surface area contributed by atoms with E-state index in [2.05, 4.69) is 38.5 Å². The summed E-state index contributed by atoms with van der Waals surface area (Å²) in [5.74, 6) is -0.335. The van der Waals surface area contributed by atoms with Gasteiger partial charge in [-0.05, 0) is 63.6 Å². The van der Waals surface area contributed by atoms with Crippen LogP contribution < -0.4 is 0 Å². The third-order valence-corrected chi connectivity index (χ3v) is 6.76. The zero-order chi connectivity index (χ0) is 19.2. The van der Waals surface area contributed by atoms with Crippen LogP contribution in [0.25, 0.3) is 0 Å². The SMILES string of the molecule is CCOC(=O)[C@H](N=C1C[C@@H]2C[C@@H](C2(C)C)[C@]1(C)O[Si](C)(C)C)C(F)F. The molecule has 4 nitrogen and oxygen atoms in total. The summed E-state index contributed by atoms with van der Waals surface area (Å²) < 4.78 is 38.2. The minimum atomic E-state index is -2.88. The van der Waals surface area contributed by atoms with Gasteiger partial charge >= 0.3 is 5.97 Å². The molecular weight excluding hydrogens is 344 g/mol. The van der Waals surface area contributed by atoms with Crippen molar-refractivity contribution in [2.24, 2.45) is 22.2 Å². The fourth-order valence-corrected chi connectivity index (χ4v) is 6.02. The summed E-state index contributed by atoms with van der Waals surface area (Å²) in [6.07, 6.45) is -1.26. The van der Waals surface area contributed by atoms with Crippen LogP contribution in [0.15, 0.2) is 4.99 Å². The molecule has 0 heterocycles. The number of hydrogen-bond acceptors (Lipinski definition) is 4. The monoisotopic (exact) mass is 375 g/mol. The number of rotatable bonds is 6. The second-order valence-corrected chi connectivity index (χ2v) is 13.4. The lowest BCUT2D eigenvalue weighted by Gasteiger charge is -2.65. The molecule has 0 spiro atoms. The van der Waals surface area contributed by atoms with Crippen LogP contribution >= 0.6 is 0 Å². The predicted octanol–water partition coefficient (Wildman–Crippen LogP) is 4.30. The summed E-state index contributed by atoms with van der Waals surface area (Å²) in [5, 5.41) is 0. The maximum Gasteiger partial charge on any atom is 0.336 e. The highest BCUT2D eigenvalue weighted by Crippen LogP contribution is 2.63. The number of alkyl halides is 2. The summed E-state index contributed by atoms with van der Waals surface area (Å²) in [5.41, 5.74) is 0.00823. The van der Waals surface area contributed by atoms with Crippen molar-refractivity contribution in [3.63, 3.8) is 0 Å². The largest absolute Gasteiger partial charge is 0.464 e. The van der Waals surface area contributed by atoms with E-state index in [0.29, 0.717) is 18.1 Å². The zero-order valence-electron chi connectivity index (χ0n) is 16.4. The van der Waals surface area contributed by atoms with Gasteiger partial charge in [-0.25, -0.2) is 13.6 Å². The number of hydrogen-bond donors (Lipinski definition) is 0. The van der Waals surface area contributed by atoms with Gasteiger partial charge in [0.15, 0.2) is 8.32 Å². The molecule has 3 saturated carbocycles. The number of nitrogens with zero attached hydrogens (tertiary/aromatic N) is 1. The Morgan fingerprint density at radius 2 is 1.92 bits per heavy atom. The Morgan fingerprint density at radius 3 is 2.36 bits per heavy atom. The Kier molecular flexibility index (Phi) is 5.51. The molecule has 0 aromatic carbocycles. The Morgan fingerprint density at radius 1 is 1.32 bits per heavy atom. The lowest BCUT2D eigenvalue weighted by molar-refractivity contribution is -0.148. The molecule has 7 heteroatoms. The molecule has 0 unspecified atom stereocenters. The topological polar surface area (TPSA) is 47.9 Å². The van der Waals surface area contributed by atoms with E-state index >= 15 is 0 Å². The first-order valence-corrected chi connectivity index (χ1v) is 12.5. The van der Waals surface area contributed by atoms with Crippen molar-refractivity contribution < 1.29 is 22.7 Å². The standard InChI is InChI=1S/C18H31F2NO3Si/c1-8-23-16(22)14(15(19)20)21-13-10-11-9-12(17(11,2)3)18(13,4)24-25(5,6)7/h11-12,14-15H,8-10H2,1-7H3/t11-,12-,14+,18-/m0/s1. The van der Waals surface area contributed by atoms with E-state index in [9.17, 15) is 13.6 Å². The average Bonchev–Trinajstić information content (AvgIpc) is 2.42. The maximum absolute atomic E-state index is 13.4. The normalized spacial score (nSPS) is 33.9. The Bertz CT molecular complexity index is 559. The van der Waals surface area contributed by atoms with Crippen LogP contribution in [-0.4, -0.2) is 44.7 Å². The molecule has 3 aliphatic rings. The molecule has 3 aliphatic carbocycles. The summed E-state index contributed by atoms with van der Waals surface area (Å²) in [6, 6.07) is -1.76. The van der Waals surface area contributed by atoms with Gasteiger partial charge in [0.1, 0.15) is 0 Å². The van der Waals surface area contributed by atoms with Crippen molar-refractivity contribution in [1.29, 1.82) is 0 Å². The van der Waals surface area contributed by atoms with Crippen LogP contribution in [0.2, 0.25) is 19.6 Å². The smallest absolute Gasteiger partial charge is 0.336 e. The predicted molar refractivity (Wildman–Crippen MR) is 96.7 cm³/mol. The first kappa shape index (κ1) is 20.5. The first-order chi connectivity index (χ1) is 11.3. The number of fused-ring (bicyclic) bond motifs is 2. The van der Waals surface area contributed by atoms with Gasteiger partial charge in [-0.2, -0.15) is 0 Å². The second-order valence-electron chi connectivity index (χ2n) is 8.94. The van der Waals surface area contributed by atoms with Gasteiger partial charge in [-0.15, -0.1) is 0 Å². The third kappa shape index (κ3) is 3.82. The summed E-state index contributed by atoms with van der Waals surface area (Å²) in [4.78, 5) is 16.2. The number of halogens is 2. The van der Waals surface area contributed by atoms with Crippen molar-refractivity contribution in [3.8, 4) is 0 Å². The van der Waals surface area contributed by atoms with Crippen molar-refractivity contribution in [3.05, 3.63) is 0 Å². The van der Waals surface area contributed by atoms with Crippen molar-refractivity contribution in [2.45, 2.75) is 78.2 Å². The molecule has 2 bridgehead atoms. The number of ether oxygens (including phenoxy) is 1. The van der Waals surface area contributed by atoms with E-state index in [1.807, 2.05) is 6.92 Å². The van der Waals surface area contributed by atoms with E-state index in [0.717, 1.165) is 6.42 Å². The molecule has 0 radical (unpaired) electrons. The van der Waals surface area contributed by atoms with E-state index in [-0.39, 0.29) is 17.9 Å². The van der Waals surface area contributed by atoms with Crippen LogP contribution in [0.1, 0.15) is 40.5 Å². The molecule has 0 saturated heterocycles. The minimum Gasteiger partial charge on any atom is -0.464 e. The van der Waals surface area contributed by atoms with Gasteiger partial charge in [0, 0.05) is 5.71 Å².